The molecular formula is C10H12F3N5O2. The highest BCUT2D eigenvalue weighted by atomic mass is 19.4. The van der Waals surface area contributed by atoms with Crippen molar-refractivity contribution in [2.24, 2.45) is 5.73 Å². The number of amides is 1. The molecule has 20 heavy (non-hydrogen) atoms. The van der Waals surface area contributed by atoms with Crippen LogP contribution in [0.15, 0.2) is 6.07 Å². The van der Waals surface area contributed by atoms with Gasteiger partial charge in [-0.15, -0.1) is 0 Å². The normalized spacial score (nSPS) is 19.9. The number of morpholine rings is 1. The van der Waals surface area contributed by atoms with E-state index >= 15 is 0 Å². The third-order valence-corrected chi connectivity index (χ3v) is 2.77. The predicted octanol–water partition coefficient (Wildman–Crippen LogP) is -0.232. The SMILES string of the molecule is NC(=O)C1COCCN1c1cc(C(F)(F)F)nc(N)n1. The van der Waals surface area contributed by atoms with Gasteiger partial charge >= 0.3 is 6.18 Å². The topological polar surface area (TPSA) is 107 Å². The Labute approximate surface area is 111 Å². The van der Waals surface area contributed by atoms with E-state index in [9.17, 15) is 18.0 Å². The smallest absolute Gasteiger partial charge is 0.377 e. The van der Waals surface area contributed by atoms with Gasteiger partial charge in [-0.2, -0.15) is 18.2 Å². The Kier molecular flexibility index (Phi) is 3.66. The van der Waals surface area contributed by atoms with E-state index < -0.39 is 29.8 Å². The molecule has 1 saturated heterocycles. The maximum absolute atomic E-state index is 12.7. The van der Waals surface area contributed by atoms with Crippen LogP contribution in [0.5, 0.6) is 0 Å². The molecule has 1 unspecified atom stereocenters. The number of nitrogen functional groups attached to an aromatic ring is 1. The largest absolute Gasteiger partial charge is 0.433 e. The quantitative estimate of drug-likeness (QED) is 0.779. The van der Waals surface area contributed by atoms with Gasteiger partial charge in [-0.25, -0.2) is 4.98 Å². The molecule has 7 nitrogen and oxygen atoms in total. The van der Waals surface area contributed by atoms with Crippen LogP contribution in [-0.4, -0.2) is 41.7 Å². The lowest BCUT2D eigenvalue weighted by Crippen LogP contribution is -2.53. The fourth-order valence-electron chi connectivity index (χ4n) is 1.86. The van der Waals surface area contributed by atoms with Gasteiger partial charge in [0, 0.05) is 12.6 Å². The molecule has 1 aromatic rings. The number of primary amides is 1. The molecule has 1 atom stereocenters. The molecule has 1 fully saturated rings. The summed E-state index contributed by atoms with van der Waals surface area (Å²) in [4.78, 5) is 19.5. The number of halogens is 3. The number of carbonyl (C=O) groups excluding carboxylic acids is 1. The minimum Gasteiger partial charge on any atom is -0.377 e. The van der Waals surface area contributed by atoms with Crippen LogP contribution in [0.1, 0.15) is 5.69 Å². The molecule has 0 aromatic carbocycles. The van der Waals surface area contributed by atoms with Gasteiger partial charge in [-0.1, -0.05) is 0 Å². The lowest BCUT2D eigenvalue weighted by atomic mass is 10.2. The highest BCUT2D eigenvalue weighted by molar-refractivity contribution is 5.83. The van der Waals surface area contributed by atoms with Crippen molar-refractivity contribution in [3.8, 4) is 0 Å². The molecule has 0 spiro atoms. The van der Waals surface area contributed by atoms with Crippen LogP contribution in [0.25, 0.3) is 0 Å². The highest BCUT2D eigenvalue weighted by Crippen LogP contribution is 2.30. The molecule has 0 saturated carbocycles. The first-order valence-electron chi connectivity index (χ1n) is 5.64. The molecule has 1 aliphatic rings. The highest BCUT2D eigenvalue weighted by Gasteiger charge is 2.36. The number of ether oxygens (including phenoxy) is 1. The zero-order valence-electron chi connectivity index (χ0n) is 10.2. The van der Waals surface area contributed by atoms with Gasteiger partial charge in [-0.05, 0) is 0 Å². The van der Waals surface area contributed by atoms with Crippen molar-refractivity contribution in [1.82, 2.24) is 9.97 Å². The van der Waals surface area contributed by atoms with Crippen molar-refractivity contribution in [1.29, 1.82) is 0 Å². The first-order valence-corrected chi connectivity index (χ1v) is 5.64. The van der Waals surface area contributed by atoms with Crippen LogP contribution >= 0.6 is 0 Å². The summed E-state index contributed by atoms with van der Waals surface area (Å²) < 4.78 is 43.2. The first-order chi connectivity index (χ1) is 9.29. The van der Waals surface area contributed by atoms with E-state index in [1.807, 2.05) is 0 Å². The third-order valence-electron chi connectivity index (χ3n) is 2.77. The van der Waals surface area contributed by atoms with Crippen molar-refractivity contribution >= 4 is 17.7 Å². The molecule has 2 heterocycles. The van der Waals surface area contributed by atoms with Crippen molar-refractivity contribution in [3.63, 3.8) is 0 Å². The summed E-state index contributed by atoms with van der Waals surface area (Å²) in [6.45, 7) is 0.414. The first kappa shape index (κ1) is 14.3. The number of aromatic nitrogens is 2. The zero-order chi connectivity index (χ0) is 14.9. The van der Waals surface area contributed by atoms with Crippen LogP contribution in [0.2, 0.25) is 0 Å². The molecule has 4 N–H and O–H groups in total. The van der Waals surface area contributed by atoms with Gasteiger partial charge in [-0.3, -0.25) is 4.79 Å². The average molecular weight is 291 g/mol. The van der Waals surface area contributed by atoms with Crippen molar-refractivity contribution in [3.05, 3.63) is 11.8 Å². The minimum absolute atomic E-state index is 0.0133. The third kappa shape index (κ3) is 2.90. The van der Waals surface area contributed by atoms with Crippen molar-refractivity contribution in [2.75, 3.05) is 30.4 Å². The lowest BCUT2D eigenvalue weighted by molar-refractivity contribution is -0.141. The second-order valence-corrected chi connectivity index (χ2v) is 4.15. The second kappa shape index (κ2) is 5.12. The molecule has 10 heteroatoms. The number of nitrogens with two attached hydrogens (primary N) is 2. The van der Waals surface area contributed by atoms with Crippen LogP contribution in [-0.2, 0) is 15.7 Å². The maximum atomic E-state index is 12.7. The summed E-state index contributed by atoms with van der Waals surface area (Å²) in [7, 11) is 0. The zero-order valence-corrected chi connectivity index (χ0v) is 10.2. The summed E-state index contributed by atoms with van der Waals surface area (Å²) in [6, 6.07) is -0.156. The number of rotatable bonds is 2. The number of hydrogen-bond acceptors (Lipinski definition) is 6. The van der Waals surface area contributed by atoms with Gasteiger partial charge in [0.1, 0.15) is 11.9 Å². The van der Waals surface area contributed by atoms with Crippen LogP contribution < -0.4 is 16.4 Å². The van der Waals surface area contributed by atoms with Gasteiger partial charge in [0.05, 0.1) is 13.2 Å². The molecule has 1 aliphatic heterocycles. The van der Waals surface area contributed by atoms with Crippen LogP contribution in [0.4, 0.5) is 24.9 Å². The molecule has 0 aliphatic carbocycles. The summed E-state index contributed by atoms with van der Waals surface area (Å²) in [6.07, 6.45) is -4.65. The van der Waals surface area contributed by atoms with E-state index in [4.69, 9.17) is 16.2 Å². The molecule has 1 amide bonds. The van der Waals surface area contributed by atoms with Crippen LogP contribution in [0, 0.1) is 0 Å². The minimum atomic E-state index is -4.65. The van der Waals surface area contributed by atoms with Crippen molar-refractivity contribution < 1.29 is 22.7 Å². The molecular weight excluding hydrogens is 279 g/mol. The monoisotopic (exact) mass is 291 g/mol. The van der Waals surface area contributed by atoms with Gasteiger partial charge in [0.25, 0.3) is 0 Å². The summed E-state index contributed by atoms with van der Waals surface area (Å²) >= 11 is 0. The second-order valence-electron chi connectivity index (χ2n) is 4.15. The Morgan fingerprint density at radius 1 is 1.45 bits per heavy atom. The summed E-state index contributed by atoms with van der Waals surface area (Å²) in [5, 5.41) is 0. The Morgan fingerprint density at radius 3 is 2.75 bits per heavy atom. The Balaban J connectivity index is 2.40. The van der Waals surface area contributed by atoms with E-state index in [0.717, 1.165) is 6.07 Å². The van der Waals surface area contributed by atoms with E-state index in [-0.39, 0.29) is 25.6 Å². The number of carbonyl (C=O) groups is 1. The van der Waals surface area contributed by atoms with E-state index in [1.54, 1.807) is 0 Å². The maximum Gasteiger partial charge on any atom is 0.433 e. The van der Waals surface area contributed by atoms with E-state index in [0.29, 0.717) is 0 Å². The number of nitrogens with zero attached hydrogens (tertiary/aromatic N) is 3. The lowest BCUT2D eigenvalue weighted by Gasteiger charge is -2.34. The number of hydrogen-bond donors (Lipinski definition) is 2. The molecule has 0 radical (unpaired) electrons. The Bertz CT molecular complexity index is 522. The Hall–Kier alpha value is -2.10. The fraction of sp³-hybridized carbons (Fsp3) is 0.500. The average Bonchev–Trinajstić information content (AvgIpc) is 2.37. The number of alkyl halides is 3. The van der Waals surface area contributed by atoms with E-state index in [1.165, 1.54) is 4.90 Å². The van der Waals surface area contributed by atoms with E-state index in [2.05, 4.69) is 9.97 Å². The standard InChI is InChI=1S/C10H12F3N5O2/c11-10(12,13)6-3-7(17-9(15)16-6)18-1-2-20-4-5(18)8(14)19/h3,5H,1-2,4H2,(H2,14,19)(H2,15,16,17). The van der Waals surface area contributed by atoms with Crippen molar-refractivity contribution in [2.45, 2.75) is 12.2 Å². The predicted molar refractivity (Wildman–Crippen MR) is 62.6 cm³/mol. The van der Waals surface area contributed by atoms with Gasteiger partial charge in [0.2, 0.25) is 11.9 Å². The Morgan fingerprint density at radius 2 is 2.15 bits per heavy atom. The summed E-state index contributed by atoms with van der Waals surface area (Å²) in [5.74, 6) is -1.34. The van der Waals surface area contributed by atoms with Gasteiger partial charge < -0.3 is 21.1 Å². The molecule has 110 valence electrons. The van der Waals surface area contributed by atoms with Gasteiger partial charge in [0.15, 0.2) is 5.69 Å². The molecule has 1 aromatic heterocycles. The fourth-order valence-corrected chi connectivity index (χ4v) is 1.86. The van der Waals surface area contributed by atoms with Crippen LogP contribution in [0.3, 0.4) is 0 Å². The number of anilines is 2. The molecule has 2 rings (SSSR count). The molecule has 0 bridgehead atoms. The summed E-state index contributed by atoms with van der Waals surface area (Å²) in [5.41, 5.74) is 9.32.